The summed E-state index contributed by atoms with van der Waals surface area (Å²) >= 11 is 5.98. The average molecular weight is 537 g/mol. The Hall–Kier alpha value is -3.62. The van der Waals surface area contributed by atoms with Crippen molar-refractivity contribution in [2.75, 3.05) is 45.9 Å². The fourth-order valence-corrected chi connectivity index (χ4v) is 4.99. The minimum atomic E-state index is -0.631. The summed E-state index contributed by atoms with van der Waals surface area (Å²) < 4.78 is 5.46. The number of amides is 3. The number of carbonyl (C=O) groups is 3. The fourth-order valence-electron chi connectivity index (χ4n) is 4.86. The summed E-state index contributed by atoms with van der Waals surface area (Å²) in [6.07, 6.45) is 2.40. The van der Waals surface area contributed by atoms with Gasteiger partial charge >= 0.3 is 12.0 Å². The van der Waals surface area contributed by atoms with Gasteiger partial charge in [0.1, 0.15) is 0 Å². The van der Waals surface area contributed by atoms with Gasteiger partial charge in [0.05, 0.1) is 18.2 Å². The molecule has 4 rings (SSSR count). The number of hydrogen-bond acceptors (Lipinski definition) is 5. The molecule has 1 saturated heterocycles. The van der Waals surface area contributed by atoms with E-state index in [1.807, 2.05) is 35.2 Å². The zero-order valence-corrected chi connectivity index (χ0v) is 22.3. The molecule has 0 radical (unpaired) electrons. The van der Waals surface area contributed by atoms with Crippen LogP contribution in [0.5, 0.6) is 0 Å². The van der Waals surface area contributed by atoms with Crippen LogP contribution in [0.2, 0.25) is 5.02 Å². The minimum absolute atomic E-state index is 0.0376. The van der Waals surface area contributed by atoms with E-state index < -0.39 is 12.0 Å². The molecule has 38 heavy (non-hydrogen) atoms. The molecule has 2 aliphatic heterocycles. The second-order valence-corrected chi connectivity index (χ2v) is 9.64. The van der Waals surface area contributed by atoms with Crippen LogP contribution in [0.1, 0.15) is 35.3 Å². The topological polar surface area (TPSA) is 82.2 Å². The van der Waals surface area contributed by atoms with Crippen LogP contribution >= 0.6 is 11.6 Å². The molecule has 0 saturated carbocycles. The Kier molecular flexibility index (Phi) is 9.20. The average Bonchev–Trinajstić information content (AvgIpc) is 3.16. The normalized spacial score (nSPS) is 18.6. The van der Waals surface area contributed by atoms with Gasteiger partial charge in [0, 0.05) is 55.6 Å². The van der Waals surface area contributed by atoms with Crippen molar-refractivity contribution in [3.63, 3.8) is 0 Å². The maximum absolute atomic E-state index is 13.3. The van der Waals surface area contributed by atoms with E-state index in [4.69, 9.17) is 16.3 Å². The predicted molar refractivity (Wildman–Crippen MR) is 147 cm³/mol. The molecule has 0 aromatic heterocycles. The van der Waals surface area contributed by atoms with E-state index in [0.29, 0.717) is 54.6 Å². The minimum Gasteiger partial charge on any atom is -0.463 e. The fraction of sp³-hybridized carbons (Fsp3) is 0.345. The zero-order chi connectivity index (χ0) is 27.1. The van der Waals surface area contributed by atoms with Crippen LogP contribution in [0.4, 0.5) is 4.79 Å². The van der Waals surface area contributed by atoms with Gasteiger partial charge < -0.3 is 15.0 Å². The first kappa shape index (κ1) is 27.4. The molecule has 9 heteroatoms. The lowest BCUT2D eigenvalue weighted by atomic mass is 9.94. The zero-order valence-electron chi connectivity index (χ0n) is 21.6. The number of rotatable bonds is 8. The highest BCUT2D eigenvalue weighted by molar-refractivity contribution is 6.30. The van der Waals surface area contributed by atoms with E-state index in [1.165, 1.54) is 0 Å². The van der Waals surface area contributed by atoms with Crippen LogP contribution in [0.25, 0.3) is 0 Å². The molecule has 0 spiro atoms. The third kappa shape index (κ3) is 6.26. The Morgan fingerprint density at radius 1 is 1.08 bits per heavy atom. The molecule has 200 valence electrons. The molecule has 8 nitrogen and oxygen atoms in total. The Bertz CT molecular complexity index is 1200. The summed E-state index contributed by atoms with van der Waals surface area (Å²) in [6.45, 7) is 8.85. The third-order valence-electron chi connectivity index (χ3n) is 6.72. The van der Waals surface area contributed by atoms with Crippen molar-refractivity contribution in [2.24, 2.45) is 0 Å². The van der Waals surface area contributed by atoms with Gasteiger partial charge in [-0.15, -0.1) is 6.58 Å². The molecular formula is C29H33ClN4O4. The lowest BCUT2D eigenvalue weighted by Crippen LogP contribution is -2.51. The van der Waals surface area contributed by atoms with Crippen LogP contribution in [0.3, 0.4) is 0 Å². The quantitative estimate of drug-likeness (QED) is 0.403. The largest absolute Gasteiger partial charge is 0.463 e. The predicted octanol–water partition coefficient (Wildman–Crippen LogP) is 4.26. The van der Waals surface area contributed by atoms with Gasteiger partial charge in [0.15, 0.2) is 0 Å². The summed E-state index contributed by atoms with van der Waals surface area (Å²) in [7, 11) is 0. The molecule has 2 aromatic rings. The van der Waals surface area contributed by atoms with Crippen molar-refractivity contribution in [3.8, 4) is 0 Å². The van der Waals surface area contributed by atoms with E-state index in [9.17, 15) is 14.4 Å². The standard InChI is InChI=1S/C29H33ClN4O4/c1-3-15-34-24(25(28(36)38-4-2)26(31-29(34)37)21-9-6-5-7-10-21)20-32-16-8-17-33(19-18-32)27(35)22-11-13-23(30)14-12-22/h3,5-7,9-14,26H,1,4,8,15-20H2,2H3,(H,31,37). The maximum atomic E-state index is 13.3. The van der Waals surface area contributed by atoms with Gasteiger partial charge in [-0.05, 0) is 43.2 Å². The molecule has 0 bridgehead atoms. The van der Waals surface area contributed by atoms with E-state index in [0.717, 1.165) is 12.0 Å². The first-order valence-corrected chi connectivity index (χ1v) is 13.2. The number of carbonyl (C=O) groups excluding carboxylic acids is 3. The molecule has 2 aromatic carbocycles. The molecule has 2 aliphatic rings. The summed E-state index contributed by atoms with van der Waals surface area (Å²) in [4.78, 5) is 45.2. The van der Waals surface area contributed by atoms with Gasteiger partial charge in [-0.25, -0.2) is 9.59 Å². The van der Waals surface area contributed by atoms with Crippen molar-refractivity contribution >= 4 is 29.5 Å². The number of nitrogens with zero attached hydrogens (tertiary/aromatic N) is 3. The smallest absolute Gasteiger partial charge is 0.338 e. The first-order valence-electron chi connectivity index (χ1n) is 12.8. The van der Waals surface area contributed by atoms with Gasteiger partial charge in [0.25, 0.3) is 5.91 Å². The molecule has 1 unspecified atom stereocenters. The van der Waals surface area contributed by atoms with Crippen molar-refractivity contribution in [1.29, 1.82) is 0 Å². The summed E-state index contributed by atoms with van der Waals surface area (Å²) in [5.74, 6) is -0.496. The number of ether oxygens (including phenoxy) is 1. The van der Waals surface area contributed by atoms with Crippen molar-refractivity contribution in [1.82, 2.24) is 20.0 Å². The van der Waals surface area contributed by atoms with E-state index in [1.54, 1.807) is 42.2 Å². The summed E-state index contributed by atoms with van der Waals surface area (Å²) in [5, 5.41) is 3.57. The van der Waals surface area contributed by atoms with E-state index in [-0.39, 0.29) is 25.1 Å². The second kappa shape index (κ2) is 12.8. The molecule has 3 amide bonds. The monoisotopic (exact) mass is 536 g/mol. The number of urea groups is 1. The van der Waals surface area contributed by atoms with Crippen LogP contribution in [0.15, 0.2) is 78.5 Å². The number of nitrogens with one attached hydrogen (secondary N) is 1. The van der Waals surface area contributed by atoms with E-state index >= 15 is 0 Å². The van der Waals surface area contributed by atoms with Gasteiger partial charge in [0.2, 0.25) is 0 Å². The van der Waals surface area contributed by atoms with Gasteiger partial charge in [-0.2, -0.15) is 0 Å². The van der Waals surface area contributed by atoms with Crippen molar-refractivity contribution in [3.05, 3.63) is 94.7 Å². The van der Waals surface area contributed by atoms with E-state index in [2.05, 4.69) is 16.8 Å². The molecule has 1 fully saturated rings. The number of esters is 1. The maximum Gasteiger partial charge on any atom is 0.338 e. The number of hydrogen-bond donors (Lipinski definition) is 1. The lowest BCUT2D eigenvalue weighted by Gasteiger charge is -2.38. The first-order chi connectivity index (χ1) is 18.4. The highest BCUT2D eigenvalue weighted by Gasteiger charge is 2.38. The Balaban J connectivity index is 1.62. The Morgan fingerprint density at radius 2 is 1.82 bits per heavy atom. The summed E-state index contributed by atoms with van der Waals surface area (Å²) in [6, 6.07) is 15.4. The molecule has 1 N–H and O–H groups in total. The highest BCUT2D eigenvalue weighted by atomic mass is 35.5. The van der Waals surface area contributed by atoms with Crippen LogP contribution in [-0.2, 0) is 9.53 Å². The highest BCUT2D eigenvalue weighted by Crippen LogP contribution is 2.32. The van der Waals surface area contributed by atoms with Crippen molar-refractivity contribution < 1.29 is 19.1 Å². The van der Waals surface area contributed by atoms with Crippen LogP contribution in [0, 0.1) is 0 Å². The number of benzene rings is 2. The molecule has 0 aliphatic carbocycles. The van der Waals surface area contributed by atoms with Gasteiger partial charge in [-0.3, -0.25) is 14.6 Å². The molecule has 1 atom stereocenters. The van der Waals surface area contributed by atoms with Gasteiger partial charge in [-0.1, -0.05) is 48.0 Å². The molecular weight excluding hydrogens is 504 g/mol. The lowest BCUT2D eigenvalue weighted by molar-refractivity contribution is -0.139. The van der Waals surface area contributed by atoms with Crippen LogP contribution < -0.4 is 5.32 Å². The Labute approximate surface area is 228 Å². The number of halogens is 1. The van der Waals surface area contributed by atoms with Crippen LogP contribution in [-0.4, -0.2) is 78.5 Å². The van der Waals surface area contributed by atoms with Crippen molar-refractivity contribution in [2.45, 2.75) is 19.4 Å². The third-order valence-corrected chi connectivity index (χ3v) is 6.97. The summed E-state index contributed by atoms with van der Waals surface area (Å²) in [5.41, 5.74) is 2.41. The Morgan fingerprint density at radius 3 is 2.50 bits per heavy atom. The second-order valence-electron chi connectivity index (χ2n) is 9.20. The molecule has 2 heterocycles. The SMILES string of the molecule is C=CCN1C(=O)NC(c2ccccc2)C(C(=O)OCC)=C1CN1CCCN(C(=O)c2ccc(Cl)cc2)CC1.